The smallest absolute Gasteiger partial charge is 0.237 e. The SMILES string of the molecule is CC(C)(C)NC(=O)[C@@H]1C[C@@H]2CCCC[C@]2(N)CN1C[C@@H](O)C[C@@H](Cc1ccccc1)C(N)=O. The molecule has 0 spiro atoms. The summed E-state index contributed by atoms with van der Waals surface area (Å²) in [5.74, 6) is -0.589. The number of aliphatic hydroxyl groups is 1. The maximum Gasteiger partial charge on any atom is 0.237 e. The largest absolute Gasteiger partial charge is 0.392 e. The second-order valence-corrected chi connectivity index (χ2v) is 11.3. The fraction of sp³-hybridized carbons (Fsp3) is 0.692. The zero-order chi connectivity index (χ0) is 24.2. The second kappa shape index (κ2) is 10.5. The molecule has 1 heterocycles. The Kier molecular flexibility index (Phi) is 8.19. The van der Waals surface area contributed by atoms with E-state index in [4.69, 9.17) is 11.5 Å². The van der Waals surface area contributed by atoms with Crippen LogP contribution >= 0.6 is 0 Å². The van der Waals surface area contributed by atoms with Gasteiger partial charge in [0.15, 0.2) is 0 Å². The molecule has 6 N–H and O–H groups in total. The maximum atomic E-state index is 13.2. The molecule has 1 saturated heterocycles. The third kappa shape index (κ3) is 7.01. The molecule has 1 aliphatic heterocycles. The summed E-state index contributed by atoms with van der Waals surface area (Å²) in [4.78, 5) is 27.4. The van der Waals surface area contributed by atoms with E-state index in [0.717, 1.165) is 31.2 Å². The van der Waals surface area contributed by atoms with Gasteiger partial charge in [-0.3, -0.25) is 14.5 Å². The van der Waals surface area contributed by atoms with E-state index in [2.05, 4.69) is 5.32 Å². The van der Waals surface area contributed by atoms with Crippen LogP contribution in [0.2, 0.25) is 0 Å². The zero-order valence-electron chi connectivity index (χ0n) is 20.4. The Hall–Kier alpha value is -1.96. The highest BCUT2D eigenvalue weighted by Crippen LogP contribution is 2.40. The van der Waals surface area contributed by atoms with Crippen LogP contribution < -0.4 is 16.8 Å². The standard InChI is InChI=1S/C26H42N4O3/c1-25(2,3)29-24(33)22-15-20-11-7-8-12-26(20,28)17-30(22)16-21(31)14-19(23(27)32)13-18-9-5-4-6-10-18/h4-6,9-10,19-22,31H,7-8,11-17,28H2,1-3H3,(H2,27,32)(H,29,33)/t19-,20+,21+,22+,26+/m1/s1. The minimum Gasteiger partial charge on any atom is -0.392 e. The Morgan fingerprint density at radius 3 is 2.58 bits per heavy atom. The molecule has 0 aromatic heterocycles. The topological polar surface area (TPSA) is 122 Å². The molecule has 0 bridgehead atoms. The Bertz CT molecular complexity index is 810. The summed E-state index contributed by atoms with van der Waals surface area (Å²) < 4.78 is 0. The quantitative estimate of drug-likeness (QED) is 0.474. The molecule has 2 fully saturated rings. The highest BCUT2D eigenvalue weighted by atomic mass is 16.3. The first-order chi connectivity index (χ1) is 15.5. The Morgan fingerprint density at radius 1 is 1.24 bits per heavy atom. The average molecular weight is 459 g/mol. The first-order valence-electron chi connectivity index (χ1n) is 12.3. The van der Waals surface area contributed by atoms with Crippen LogP contribution in [0.3, 0.4) is 0 Å². The number of β-amino-alcohol motifs (C(OH)–C–C–N with tert-alkyl or cyclic N) is 1. The van der Waals surface area contributed by atoms with Gasteiger partial charge < -0.3 is 21.9 Å². The van der Waals surface area contributed by atoms with E-state index in [-0.39, 0.29) is 29.4 Å². The summed E-state index contributed by atoms with van der Waals surface area (Å²) in [6.45, 7) is 6.80. The fourth-order valence-corrected chi connectivity index (χ4v) is 5.59. The molecular formula is C26H42N4O3. The number of nitrogens with two attached hydrogens (primary N) is 2. The predicted molar refractivity (Wildman–Crippen MR) is 130 cm³/mol. The van der Waals surface area contributed by atoms with Crippen molar-refractivity contribution in [2.24, 2.45) is 23.3 Å². The lowest BCUT2D eigenvalue weighted by atomic mass is 9.67. The van der Waals surface area contributed by atoms with E-state index in [9.17, 15) is 14.7 Å². The van der Waals surface area contributed by atoms with E-state index in [0.29, 0.717) is 31.8 Å². The summed E-state index contributed by atoms with van der Waals surface area (Å²) in [7, 11) is 0. The molecule has 1 aromatic carbocycles. The number of aliphatic hydroxyl groups excluding tert-OH is 1. The van der Waals surface area contributed by atoms with Crippen LogP contribution in [0.1, 0.15) is 64.9 Å². The summed E-state index contributed by atoms with van der Waals surface area (Å²) in [6.07, 6.45) is 4.92. The van der Waals surface area contributed by atoms with E-state index in [1.165, 1.54) is 0 Å². The van der Waals surface area contributed by atoms with Crippen LogP contribution in [0.25, 0.3) is 0 Å². The molecule has 0 radical (unpaired) electrons. The number of carbonyl (C=O) groups is 2. The second-order valence-electron chi connectivity index (χ2n) is 11.3. The van der Waals surface area contributed by atoms with E-state index < -0.39 is 17.9 Å². The lowest BCUT2D eigenvalue weighted by molar-refractivity contribution is -0.133. The van der Waals surface area contributed by atoms with Crippen LogP contribution in [-0.2, 0) is 16.0 Å². The van der Waals surface area contributed by atoms with Crippen molar-refractivity contribution >= 4 is 11.8 Å². The molecule has 184 valence electrons. The number of hydrogen-bond acceptors (Lipinski definition) is 5. The fourth-order valence-electron chi connectivity index (χ4n) is 5.59. The number of hydrogen-bond donors (Lipinski definition) is 4. The molecule has 7 heteroatoms. The number of nitrogens with zero attached hydrogens (tertiary/aromatic N) is 1. The third-order valence-corrected chi connectivity index (χ3v) is 7.23. The van der Waals surface area contributed by atoms with Crippen molar-refractivity contribution in [3.63, 3.8) is 0 Å². The zero-order valence-corrected chi connectivity index (χ0v) is 20.4. The Balaban J connectivity index is 1.72. The van der Waals surface area contributed by atoms with Gasteiger partial charge in [-0.1, -0.05) is 43.2 Å². The van der Waals surface area contributed by atoms with E-state index >= 15 is 0 Å². The molecular weight excluding hydrogens is 416 g/mol. The van der Waals surface area contributed by atoms with Crippen molar-refractivity contribution in [2.75, 3.05) is 13.1 Å². The number of piperidine rings is 1. The van der Waals surface area contributed by atoms with Gasteiger partial charge in [0.2, 0.25) is 11.8 Å². The molecule has 7 nitrogen and oxygen atoms in total. The van der Waals surface area contributed by atoms with Crippen LogP contribution in [0.4, 0.5) is 0 Å². The number of nitrogens with one attached hydrogen (secondary N) is 1. The van der Waals surface area contributed by atoms with Crippen molar-refractivity contribution in [1.82, 2.24) is 10.2 Å². The van der Waals surface area contributed by atoms with Gasteiger partial charge in [-0.2, -0.15) is 0 Å². The van der Waals surface area contributed by atoms with Gasteiger partial charge >= 0.3 is 0 Å². The molecule has 1 saturated carbocycles. The third-order valence-electron chi connectivity index (χ3n) is 7.23. The van der Waals surface area contributed by atoms with Crippen molar-refractivity contribution < 1.29 is 14.7 Å². The van der Waals surface area contributed by atoms with Crippen molar-refractivity contribution in [2.45, 2.75) is 88.9 Å². The molecule has 1 aliphatic carbocycles. The van der Waals surface area contributed by atoms with Crippen molar-refractivity contribution in [3.8, 4) is 0 Å². The monoisotopic (exact) mass is 458 g/mol. The van der Waals surface area contributed by atoms with E-state index in [1.54, 1.807) is 0 Å². The number of carbonyl (C=O) groups excluding carboxylic acids is 2. The molecule has 33 heavy (non-hydrogen) atoms. The van der Waals surface area contributed by atoms with Gasteiger partial charge in [-0.25, -0.2) is 0 Å². The summed E-state index contributed by atoms with van der Waals surface area (Å²) in [5, 5.41) is 14.1. The molecule has 2 amide bonds. The number of fused-ring (bicyclic) bond motifs is 1. The number of likely N-dealkylation sites (tertiary alicyclic amines) is 1. The summed E-state index contributed by atoms with van der Waals surface area (Å²) >= 11 is 0. The van der Waals surface area contributed by atoms with E-state index in [1.807, 2.05) is 56.0 Å². The lowest BCUT2D eigenvalue weighted by Crippen LogP contribution is -2.67. The molecule has 3 rings (SSSR count). The van der Waals surface area contributed by atoms with Crippen LogP contribution in [-0.4, -0.2) is 58.1 Å². The minimum atomic E-state index is -0.778. The number of amides is 2. The molecule has 0 unspecified atom stereocenters. The van der Waals surface area contributed by atoms with Gasteiger partial charge in [0.1, 0.15) is 0 Å². The molecule has 5 atom stereocenters. The maximum absolute atomic E-state index is 13.2. The predicted octanol–water partition coefficient (Wildman–Crippen LogP) is 1.96. The van der Waals surface area contributed by atoms with Crippen molar-refractivity contribution in [1.29, 1.82) is 0 Å². The molecule has 2 aliphatic rings. The number of benzene rings is 1. The summed E-state index contributed by atoms with van der Waals surface area (Å²) in [6, 6.07) is 9.37. The normalized spacial score (nSPS) is 27.9. The highest BCUT2D eigenvalue weighted by molar-refractivity contribution is 5.82. The van der Waals surface area contributed by atoms with Gasteiger partial charge in [0.25, 0.3) is 0 Å². The van der Waals surface area contributed by atoms with Gasteiger partial charge in [-0.05, 0) is 64.4 Å². The lowest BCUT2D eigenvalue weighted by Gasteiger charge is -2.52. The van der Waals surface area contributed by atoms with Crippen molar-refractivity contribution in [3.05, 3.63) is 35.9 Å². The van der Waals surface area contributed by atoms with Crippen LogP contribution in [0.15, 0.2) is 30.3 Å². The number of primary amides is 1. The number of rotatable bonds is 8. The summed E-state index contributed by atoms with van der Waals surface area (Å²) in [5.41, 5.74) is 12.9. The molecule has 1 aromatic rings. The van der Waals surface area contributed by atoms with Gasteiger partial charge in [0.05, 0.1) is 12.1 Å². The average Bonchev–Trinajstić information content (AvgIpc) is 2.71. The first-order valence-corrected chi connectivity index (χ1v) is 12.3. The van der Waals surface area contributed by atoms with Crippen LogP contribution in [0.5, 0.6) is 0 Å². The first kappa shape index (κ1) is 25.7. The van der Waals surface area contributed by atoms with Gasteiger partial charge in [0, 0.05) is 30.1 Å². The highest BCUT2D eigenvalue weighted by Gasteiger charge is 2.47. The Labute approximate surface area is 198 Å². The minimum absolute atomic E-state index is 0.0157. The van der Waals surface area contributed by atoms with Gasteiger partial charge in [-0.15, -0.1) is 0 Å². The Morgan fingerprint density at radius 2 is 1.94 bits per heavy atom. The van der Waals surface area contributed by atoms with Crippen LogP contribution in [0, 0.1) is 11.8 Å².